The summed E-state index contributed by atoms with van der Waals surface area (Å²) >= 11 is 0. The quantitative estimate of drug-likeness (QED) is 0.742. The van der Waals surface area contributed by atoms with Gasteiger partial charge in [-0.25, -0.2) is 0 Å². The molecule has 4 aliphatic rings. The molecule has 8 atom stereocenters. The zero-order chi connectivity index (χ0) is 16.9. The number of aliphatic hydroxyl groups is 1. The summed E-state index contributed by atoms with van der Waals surface area (Å²) in [6, 6.07) is 0.686. The summed E-state index contributed by atoms with van der Waals surface area (Å²) in [4.78, 5) is 0. The van der Waals surface area contributed by atoms with E-state index in [0.717, 1.165) is 49.6 Å². The molecule has 0 amide bonds. The van der Waals surface area contributed by atoms with Crippen molar-refractivity contribution in [1.29, 1.82) is 0 Å². The van der Waals surface area contributed by atoms with Crippen LogP contribution >= 0.6 is 0 Å². The molecule has 4 N–H and O–H groups in total. The first-order chi connectivity index (χ1) is 11.5. The van der Waals surface area contributed by atoms with Gasteiger partial charge in [0, 0.05) is 19.1 Å². The number of nitrogens with one attached hydrogen (secondary N) is 1. The van der Waals surface area contributed by atoms with E-state index in [2.05, 4.69) is 19.2 Å². The first-order valence-corrected chi connectivity index (χ1v) is 10.6. The first-order valence-electron chi connectivity index (χ1n) is 10.6. The molecule has 0 bridgehead atoms. The molecule has 0 aliphatic heterocycles. The van der Waals surface area contributed by atoms with Crippen LogP contribution in [-0.4, -0.2) is 30.3 Å². The standard InChI is InChI=1S/C21H38N2O/c1-20-9-7-15(24)13-14(20)3-4-16-17-5-6-19(23-12-11-22)21(17,2)10-8-18(16)20/h14-19,23-24H,3-13,22H2,1-2H3/t14-,15+,16-,17-,18-,19-,20-,21-/m0/s1. The van der Waals surface area contributed by atoms with Crippen LogP contribution < -0.4 is 11.1 Å². The lowest BCUT2D eigenvalue weighted by Crippen LogP contribution is -2.56. The molecule has 138 valence electrons. The summed E-state index contributed by atoms with van der Waals surface area (Å²) in [6.07, 6.45) is 11.7. The Morgan fingerprint density at radius 2 is 1.71 bits per heavy atom. The third-order valence-corrected chi connectivity index (χ3v) is 9.17. The van der Waals surface area contributed by atoms with Crippen LogP contribution in [0, 0.1) is 34.5 Å². The second-order valence-electron chi connectivity index (χ2n) is 10.0. The Morgan fingerprint density at radius 3 is 2.50 bits per heavy atom. The fraction of sp³-hybridized carbons (Fsp3) is 1.00. The normalized spacial score (nSPS) is 54.0. The predicted octanol–water partition coefficient (Wildman–Crippen LogP) is 3.31. The fourth-order valence-electron chi connectivity index (χ4n) is 7.83. The summed E-state index contributed by atoms with van der Waals surface area (Å²) in [5.74, 6) is 3.54. The molecule has 0 aromatic rings. The molecule has 3 nitrogen and oxygen atoms in total. The van der Waals surface area contributed by atoms with Gasteiger partial charge in [0.15, 0.2) is 0 Å². The van der Waals surface area contributed by atoms with Gasteiger partial charge in [0.05, 0.1) is 6.10 Å². The summed E-state index contributed by atoms with van der Waals surface area (Å²) in [7, 11) is 0. The van der Waals surface area contributed by atoms with Crippen molar-refractivity contribution in [1.82, 2.24) is 5.32 Å². The molecule has 4 fully saturated rings. The zero-order valence-corrected chi connectivity index (χ0v) is 15.8. The predicted molar refractivity (Wildman–Crippen MR) is 98.6 cm³/mol. The van der Waals surface area contributed by atoms with Crippen LogP contribution in [0.2, 0.25) is 0 Å². The molecule has 0 aromatic heterocycles. The molecule has 0 radical (unpaired) electrons. The highest BCUT2D eigenvalue weighted by Gasteiger charge is 2.59. The Morgan fingerprint density at radius 1 is 0.958 bits per heavy atom. The van der Waals surface area contributed by atoms with Crippen molar-refractivity contribution >= 4 is 0 Å². The maximum Gasteiger partial charge on any atom is 0.0543 e. The van der Waals surface area contributed by atoms with E-state index < -0.39 is 0 Å². The van der Waals surface area contributed by atoms with Crippen LogP contribution in [0.25, 0.3) is 0 Å². The van der Waals surface area contributed by atoms with Crippen LogP contribution in [-0.2, 0) is 0 Å². The molecule has 0 saturated heterocycles. The molecule has 3 heteroatoms. The number of rotatable bonds is 3. The highest BCUT2D eigenvalue weighted by atomic mass is 16.3. The van der Waals surface area contributed by atoms with Crippen molar-refractivity contribution in [3.63, 3.8) is 0 Å². The van der Waals surface area contributed by atoms with Gasteiger partial charge in [-0.2, -0.15) is 0 Å². The van der Waals surface area contributed by atoms with Crippen LogP contribution in [0.5, 0.6) is 0 Å². The number of nitrogens with two attached hydrogens (primary N) is 1. The Labute approximate surface area is 148 Å². The third kappa shape index (κ3) is 2.49. The average Bonchev–Trinajstić information content (AvgIpc) is 2.90. The van der Waals surface area contributed by atoms with E-state index >= 15 is 0 Å². The number of hydrogen-bond acceptors (Lipinski definition) is 3. The minimum absolute atomic E-state index is 0.0233. The van der Waals surface area contributed by atoms with E-state index in [0.29, 0.717) is 16.9 Å². The van der Waals surface area contributed by atoms with Crippen LogP contribution in [0.4, 0.5) is 0 Å². The second kappa shape index (κ2) is 6.25. The van der Waals surface area contributed by atoms with Crippen molar-refractivity contribution in [3.8, 4) is 0 Å². The Balaban J connectivity index is 1.54. The number of fused-ring (bicyclic) bond motifs is 5. The van der Waals surface area contributed by atoms with Gasteiger partial charge in [-0.15, -0.1) is 0 Å². The van der Waals surface area contributed by atoms with Crippen molar-refractivity contribution < 1.29 is 5.11 Å². The fourth-order valence-corrected chi connectivity index (χ4v) is 7.83. The van der Waals surface area contributed by atoms with Gasteiger partial charge < -0.3 is 16.2 Å². The van der Waals surface area contributed by atoms with Gasteiger partial charge in [0.2, 0.25) is 0 Å². The third-order valence-electron chi connectivity index (χ3n) is 9.17. The Hall–Kier alpha value is -0.120. The average molecular weight is 335 g/mol. The Bertz CT molecular complexity index is 469. The van der Waals surface area contributed by atoms with Gasteiger partial charge in [0.25, 0.3) is 0 Å². The van der Waals surface area contributed by atoms with E-state index in [4.69, 9.17) is 5.73 Å². The highest BCUT2D eigenvalue weighted by Crippen LogP contribution is 2.66. The van der Waals surface area contributed by atoms with Crippen LogP contribution in [0.1, 0.15) is 71.6 Å². The number of hydrogen-bond donors (Lipinski definition) is 3. The van der Waals surface area contributed by atoms with E-state index in [1.165, 1.54) is 44.9 Å². The number of aliphatic hydroxyl groups excluding tert-OH is 1. The molecular formula is C21H38N2O. The molecule has 0 spiro atoms. The zero-order valence-electron chi connectivity index (χ0n) is 15.8. The second-order valence-corrected chi connectivity index (χ2v) is 10.0. The van der Waals surface area contributed by atoms with Crippen LogP contribution in [0.15, 0.2) is 0 Å². The maximum atomic E-state index is 10.1. The molecule has 4 aliphatic carbocycles. The minimum Gasteiger partial charge on any atom is -0.393 e. The molecule has 4 rings (SSSR count). The summed E-state index contributed by atoms with van der Waals surface area (Å²) in [5, 5.41) is 13.9. The van der Waals surface area contributed by atoms with Crippen molar-refractivity contribution in [3.05, 3.63) is 0 Å². The summed E-state index contributed by atoms with van der Waals surface area (Å²) < 4.78 is 0. The molecule has 0 heterocycles. The lowest BCUT2D eigenvalue weighted by atomic mass is 9.45. The molecular weight excluding hydrogens is 296 g/mol. The molecule has 0 unspecified atom stereocenters. The van der Waals surface area contributed by atoms with Gasteiger partial charge in [-0.3, -0.25) is 0 Å². The Kier molecular flexibility index (Phi) is 4.50. The highest BCUT2D eigenvalue weighted by molar-refractivity contribution is 5.10. The van der Waals surface area contributed by atoms with Gasteiger partial charge in [-0.1, -0.05) is 13.8 Å². The topological polar surface area (TPSA) is 58.3 Å². The SMILES string of the molecule is C[C@]12CC[C@@H](O)C[C@@H]1CC[C@@H]1[C@@H]2CC[C@]2(C)[C@@H](NCCN)CC[C@@H]12. The smallest absolute Gasteiger partial charge is 0.0543 e. The lowest BCUT2D eigenvalue weighted by molar-refractivity contribution is -0.123. The van der Waals surface area contributed by atoms with Crippen molar-refractivity contribution in [2.24, 2.45) is 40.2 Å². The summed E-state index contributed by atoms with van der Waals surface area (Å²) in [6.45, 7) is 6.89. The van der Waals surface area contributed by atoms with Gasteiger partial charge in [0.1, 0.15) is 0 Å². The largest absolute Gasteiger partial charge is 0.393 e. The van der Waals surface area contributed by atoms with E-state index in [-0.39, 0.29) is 6.10 Å². The van der Waals surface area contributed by atoms with Crippen LogP contribution in [0.3, 0.4) is 0 Å². The van der Waals surface area contributed by atoms with E-state index in [1.54, 1.807) is 0 Å². The van der Waals surface area contributed by atoms with Crippen molar-refractivity contribution in [2.45, 2.75) is 83.8 Å². The van der Waals surface area contributed by atoms with Crippen molar-refractivity contribution in [2.75, 3.05) is 13.1 Å². The van der Waals surface area contributed by atoms with E-state index in [9.17, 15) is 5.11 Å². The molecule has 4 saturated carbocycles. The lowest BCUT2D eigenvalue weighted by Gasteiger charge is -2.61. The molecule has 24 heavy (non-hydrogen) atoms. The monoisotopic (exact) mass is 334 g/mol. The van der Waals surface area contributed by atoms with E-state index in [1.807, 2.05) is 0 Å². The van der Waals surface area contributed by atoms with Gasteiger partial charge >= 0.3 is 0 Å². The maximum absolute atomic E-state index is 10.1. The summed E-state index contributed by atoms with van der Waals surface area (Å²) in [5.41, 5.74) is 6.74. The minimum atomic E-state index is -0.0233. The molecule has 0 aromatic carbocycles. The first kappa shape index (κ1) is 17.3. The van der Waals surface area contributed by atoms with Gasteiger partial charge in [-0.05, 0) is 92.3 Å².